The first-order chi connectivity index (χ1) is 11.6. The van der Waals surface area contributed by atoms with E-state index in [1.807, 2.05) is 0 Å². The first kappa shape index (κ1) is 16.9. The quantitative estimate of drug-likeness (QED) is 0.488. The van der Waals surface area contributed by atoms with Gasteiger partial charge in [0, 0.05) is 11.8 Å². The molecule has 0 aliphatic heterocycles. The van der Waals surface area contributed by atoms with Crippen molar-refractivity contribution in [3.8, 4) is 11.5 Å². The molecule has 24 heavy (non-hydrogen) atoms. The zero-order valence-electron chi connectivity index (χ0n) is 13.1. The fraction of sp³-hybridized carbons (Fsp3) is 0.125. The highest BCUT2D eigenvalue weighted by Gasteiger charge is 2.13. The van der Waals surface area contributed by atoms with Crippen LogP contribution in [0.3, 0.4) is 0 Å². The molecule has 124 valence electrons. The average Bonchev–Trinajstić information content (AvgIpc) is 2.62. The van der Waals surface area contributed by atoms with E-state index in [1.165, 1.54) is 26.6 Å². The Labute approximate surface area is 138 Å². The van der Waals surface area contributed by atoms with E-state index in [0.717, 1.165) is 0 Å². The normalized spacial score (nSPS) is 10.2. The second-order valence-corrected chi connectivity index (χ2v) is 4.48. The van der Waals surface area contributed by atoms with Gasteiger partial charge in [-0.15, -0.1) is 0 Å². The van der Waals surface area contributed by atoms with E-state index < -0.39 is 11.8 Å². The topological polar surface area (TPSA) is 102 Å². The van der Waals surface area contributed by atoms with Gasteiger partial charge < -0.3 is 14.8 Å². The number of nitrogens with one attached hydrogen (secondary N) is 2. The van der Waals surface area contributed by atoms with Crippen LogP contribution < -0.4 is 20.2 Å². The smallest absolute Gasteiger partial charge is 0.329 e. The molecule has 1 heterocycles. The molecule has 0 saturated heterocycles. The van der Waals surface area contributed by atoms with E-state index in [1.54, 1.807) is 36.4 Å². The Hall–Kier alpha value is -3.42. The third-order valence-corrected chi connectivity index (χ3v) is 2.92. The summed E-state index contributed by atoms with van der Waals surface area (Å²) in [6.07, 6.45) is 2.86. The molecule has 0 fully saturated rings. The number of carbonyl (C=O) groups excluding carboxylic acids is 2. The molecular formula is C16H16N4O4. The third kappa shape index (κ3) is 4.54. The maximum Gasteiger partial charge on any atom is 0.329 e. The monoisotopic (exact) mass is 328 g/mol. The van der Waals surface area contributed by atoms with Crippen molar-refractivity contribution < 1.29 is 19.1 Å². The highest BCUT2D eigenvalue weighted by molar-refractivity contribution is 6.39. The molecule has 2 aromatic rings. The molecule has 8 heteroatoms. The lowest BCUT2D eigenvalue weighted by Gasteiger charge is -2.06. The second kappa shape index (κ2) is 8.28. The number of hydrogen-bond acceptors (Lipinski definition) is 6. The minimum absolute atomic E-state index is 0.274. The van der Waals surface area contributed by atoms with Gasteiger partial charge in [0.1, 0.15) is 17.3 Å². The molecule has 2 rings (SSSR count). The van der Waals surface area contributed by atoms with Gasteiger partial charge in [-0.05, 0) is 30.3 Å². The van der Waals surface area contributed by atoms with Crippen molar-refractivity contribution in [1.82, 2.24) is 10.4 Å². The number of aromatic nitrogens is 1. The Kier molecular flexibility index (Phi) is 5.84. The van der Waals surface area contributed by atoms with Crippen LogP contribution in [0.4, 0.5) is 5.82 Å². The Morgan fingerprint density at radius 3 is 2.62 bits per heavy atom. The summed E-state index contributed by atoms with van der Waals surface area (Å²) in [5.41, 5.74) is 2.72. The van der Waals surface area contributed by atoms with Crippen LogP contribution in [-0.4, -0.2) is 37.2 Å². The zero-order chi connectivity index (χ0) is 17.4. The molecule has 8 nitrogen and oxygen atoms in total. The molecule has 0 aliphatic carbocycles. The molecule has 0 unspecified atom stereocenters. The first-order valence-corrected chi connectivity index (χ1v) is 6.91. The Bertz CT molecular complexity index is 747. The van der Waals surface area contributed by atoms with Gasteiger partial charge in [-0.3, -0.25) is 9.59 Å². The van der Waals surface area contributed by atoms with Gasteiger partial charge in [-0.1, -0.05) is 6.07 Å². The minimum Gasteiger partial charge on any atom is -0.497 e. The van der Waals surface area contributed by atoms with Crippen molar-refractivity contribution in [2.24, 2.45) is 5.10 Å². The number of rotatable bonds is 5. The van der Waals surface area contributed by atoms with Crippen LogP contribution in [-0.2, 0) is 9.59 Å². The third-order valence-electron chi connectivity index (χ3n) is 2.92. The molecule has 0 spiro atoms. The van der Waals surface area contributed by atoms with Gasteiger partial charge in [-0.2, -0.15) is 5.10 Å². The molecule has 2 N–H and O–H groups in total. The second-order valence-electron chi connectivity index (χ2n) is 4.48. The summed E-state index contributed by atoms with van der Waals surface area (Å²) in [7, 11) is 3.05. The van der Waals surface area contributed by atoms with E-state index in [0.29, 0.717) is 17.1 Å². The van der Waals surface area contributed by atoms with Crippen molar-refractivity contribution in [2.45, 2.75) is 0 Å². The largest absolute Gasteiger partial charge is 0.497 e. The predicted octanol–water partition coefficient (Wildman–Crippen LogP) is 1.19. The first-order valence-electron chi connectivity index (χ1n) is 6.91. The number of methoxy groups -OCH3 is 2. The summed E-state index contributed by atoms with van der Waals surface area (Å²) in [6, 6.07) is 10.1. The van der Waals surface area contributed by atoms with Crippen LogP contribution in [0, 0.1) is 0 Å². The molecule has 0 atom stereocenters. The lowest BCUT2D eigenvalue weighted by Crippen LogP contribution is -2.32. The van der Waals surface area contributed by atoms with E-state index in [-0.39, 0.29) is 5.82 Å². The number of carbonyl (C=O) groups is 2. The standard InChI is InChI=1S/C16H16N4O4/c1-23-12-6-7-13(24-2)11(9-12)10-18-20-16(22)15(21)19-14-5-3-4-8-17-14/h3-10H,1-2H3,(H,20,22)(H,17,19,21)/b18-10-. The van der Waals surface area contributed by atoms with Crippen LogP contribution in [0.25, 0.3) is 0 Å². The lowest BCUT2D eigenvalue weighted by atomic mass is 10.2. The molecule has 0 aliphatic rings. The van der Waals surface area contributed by atoms with Crippen molar-refractivity contribution in [1.29, 1.82) is 0 Å². The summed E-state index contributed by atoms with van der Waals surface area (Å²) in [5, 5.41) is 6.10. The average molecular weight is 328 g/mol. The van der Waals surface area contributed by atoms with Crippen LogP contribution in [0.5, 0.6) is 11.5 Å². The molecule has 1 aromatic carbocycles. The number of nitrogens with zero attached hydrogens (tertiary/aromatic N) is 2. The highest BCUT2D eigenvalue weighted by atomic mass is 16.5. The maximum atomic E-state index is 11.7. The number of benzene rings is 1. The number of amides is 2. The maximum absolute atomic E-state index is 11.7. The van der Waals surface area contributed by atoms with Gasteiger partial charge in [0.05, 0.1) is 20.4 Å². The van der Waals surface area contributed by atoms with Gasteiger partial charge in [0.15, 0.2) is 0 Å². The van der Waals surface area contributed by atoms with E-state index in [2.05, 4.69) is 20.8 Å². The summed E-state index contributed by atoms with van der Waals surface area (Å²) in [4.78, 5) is 27.3. The number of hydrogen-bond donors (Lipinski definition) is 2. The Morgan fingerprint density at radius 2 is 1.96 bits per heavy atom. The summed E-state index contributed by atoms with van der Waals surface area (Å²) >= 11 is 0. The van der Waals surface area contributed by atoms with Gasteiger partial charge >= 0.3 is 11.8 Å². The Morgan fingerprint density at radius 1 is 1.12 bits per heavy atom. The lowest BCUT2D eigenvalue weighted by molar-refractivity contribution is -0.136. The number of ether oxygens (including phenoxy) is 2. The summed E-state index contributed by atoms with van der Waals surface area (Å²) in [5.74, 6) is -0.360. The van der Waals surface area contributed by atoms with E-state index >= 15 is 0 Å². The summed E-state index contributed by atoms with van der Waals surface area (Å²) in [6.45, 7) is 0. The van der Waals surface area contributed by atoms with Crippen molar-refractivity contribution in [3.63, 3.8) is 0 Å². The number of hydrazone groups is 1. The fourth-order valence-corrected chi connectivity index (χ4v) is 1.76. The predicted molar refractivity (Wildman–Crippen MR) is 88.1 cm³/mol. The van der Waals surface area contributed by atoms with Crippen molar-refractivity contribution in [2.75, 3.05) is 19.5 Å². The molecule has 0 radical (unpaired) electrons. The number of anilines is 1. The van der Waals surface area contributed by atoms with Crippen molar-refractivity contribution in [3.05, 3.63) is 48.2 Å². The van der Waals surface area contributed by atoms with E-state index in [4.69, 9.17) is 9.47 Å². The highest BCUT2D eigenvalue weighted by Crippen LogP contribution is 2.22. The minimum atomic E-state index is -0.918. The van der Waals surface area contributed by atoms with Gasteiger partial charge in [0.2, 0.25) is 0 Å². The fourth-order valence-electron chi connectivity index (χ4n) is 1.76. The number of pyridine rings is 1. The summed E-state index contributed by atoms with van der Waals surface area (Å²) < 4.78 is 10.3. The van der Waals surface area contributed by atoms with Gasteiger partial charge in [0.25, 0.3) is 0 Å². The van der Waals surface area contributed by atoms with Crippen LogP contribution >= 0.6 is 0 Å². The van der Waals surface area contributed by atoms with Crippen LogP contribution in [0.2, 0.25) is 0 Å². The molecule has 0 bridgehead atoms. The SMILES string of the molecule is COc1ccc(OC)c(/C=N\NC(=O)C(=O)Nc2ccccn2)c1. The molecule has 2 amide bonds. The van der Waals surface area contributed by atoms with Crippen LogP contribution in [0.15, 0.2) is 47.7 Å². The molecule has 1 aromatic heterocycles. The zero-order valence-corrected chi connectivity index (χ0v) is 13.1. The Balaban J connectivity index is 1.98. The van der Waals surface area contributed by atoms with E-state index in [9.17, 15) is 9.59 Å². The van der Waals surface area contributed by atoms with Crippen molar-refractivity contribution >= 4 is 23.8 Å². The van der Waals surface area contributed by atoms with Gasteiger partial charge in [-0.25, -0.2) is 10.4 Å². The molecular weight excluding hydrogens is 312 g/mol. The van der Waals surface area contributed by atoms with Crippen LogP contribution in [0.1, 0.15) is 5.56 Å². The molecule has 0 saturated carbocycles.